The van der Waals surface area contributed by atoms with Gasteiger partial charge in [-0.1, -0.05) is 24.3 Å². The standard InChI is InChI=1S/C27H22N4O3/c1-17(2)29-27(33)23-16-30(26-22(25(23)32)10-6-12-28-26)21-9-5-8-18(14-21)20-13-19-7-3-4-11-24(19)31(34)15-20/h3-17H,1-2H3,(H-,29,33,34)/p+1. The maximum atomic E-state index is 13.0. The second-order valence-corrected chi connectivity index (χ2v) is 8.43. The first-order chi connectivity index (χ1) is 16.4. The number of carbonyl (C=O) groups is 1. The van der Waals surface area contributed by atoms with Gasteiger partial charge in [0.15, 0.2) is 0 Å². The number of hydrogen-bond acceptors (Lipinski definition) is 4. The van der Waals surface area contributed by atoms with Crippen LogP contribution in [-0.4, -0.2) is 26.7 Å². The molecule has 0 fully saturated rings. The van der Waals surface area contributed by atoms with E-state index in [9.17, 15) is 14.8 Å². The third-order valence-corrected chi connectivity index (χ3v) is 5.64. The summed E-state index contributed by atoms with van der Waals surface area (Å²) in [7, 11) is 0. The number of nitrogens with one attached hydrogen (secondary N) is 1. The lowest BCUT2D eigenvalue weighted by atomic mass is 10.0. The average Bonchev–Trinajstić information content (AvgIpc) is 2.84. The van der Waals surface area contributed by atoms with Gasteiger partial charge in [-0.25, -0.2) is 4.98 Å². The van der Waals surface area contributed by atoms with Crippen LogP contribution in [0.5, 0.6) is 0 Å². The molecule has 2 N–H and O–H groups in total. The zero-order valence-electron chi connectivity index (χ0n) is 18.8. The second kappa shape index (κ2) is 8.44. The van der Waals surface area contributed by atoms with Crippen molar-refractivity contribution in [1.82, 2.24) is 14.9 Å². The van der Waals surface area contributed by atoms with E-state index in [0.29, 0.717) is 16.6 Å². The molecular formula is C27H23N4O3+. The van der Waals surface area contributed by atoms with Crippen molar-refractivity contribution in [3.05, 3.63) is 101 Å². The minimum atomic E-state index is -0.425. The first-order valence-electron chi connectivity index (χ1n) is 11.0. The van der Waals surface area contributed by atoms with E-state index < -0.39 is 5.91 Å². The number of rotatable bonds is 4. The summed E-state index contributed by atoms with van der Waals surface area (Å²) in [5, 5.41) is 14.5. The Labute approximate surface area is 195 Å². The van der Waals surface area contributed by atoms with Gasteiger partial charge in [0.1, 0.15) is 11.2 Å². The van der Waals surface area contributed by atoms with Gasteiger partial charge >= 0.3 is 0 Å². The van der Waals surface area contributed by atoms with Crippen LogP contribution in [0.25, 0.3) is 38.8 Å². The summed E-state index contributed by atoms with van der Waals surface area (Å²) < 4.78 is 2.87. The van der Waals surface area contributed by atoms with Crippen molar-refractivity contribution in [3.63, 3.8) is 0 Å². The maximum Gasteiger partial charge on any atom is 0.264 e. The summed E-state index contributed by atoms with van der Waals surface area (Å²) in [5.41, 5.74) is 3.28. The monoisotopic (exact) mass is 451 g/mol. The van der Waals surface area contributed by atoms with Crippen LogP contribution in [0, 0.1) is 0 Å². The average molecular weight is 452 g/mol. The Morgan fingerprint density at radius 3 is 2.68 bits per heavy atom. The van der Waals surface area contributed by atoms with E-state index in [2.05, 4.69) is 10.3 Å². The topological polar surface area (TPSA) is 88.1 Å². The summed E-state index contributed by atoms with van der Waals surface area (Å²) in [6.07, 6.45) is 4.82. The number of pyridine rings is 3. The molecule has 0 aliphatic carbocycles. The number of nitrogens with zero attached hydrogens (tertiary/aromatic N) is 3. The molecule has 7 nitrogen and oxygen atoms in total. The predicted octanol–water partition coefficient (Wildman–Crippen LogP) is 3.87. The zero-order chi connectivity index (χ0) is 23.8. The molecule has 0 saturated carbocycles. The van der Waals surface area contributed by atoms with Crippen molar-refractivity contribution in [2.75, 3.05) is 0 Å². The molecule has 0 spiro atoms. The lowest BCUT2D eigenvalue weighted by molar-refractivity contribution is -0.884. The molecule has 34 heavy (non-hydrogen) atoms. The highest BCUT2D eigenvalue weighted by Crippen LogP contribution is 2.25. The van der Waals surface area contributed by atoms with Crippen LogP contribution in [0.1, 0.15) is 24.2 Å². The summed E-state index contributed by atoms with van der Waals surface area (Å²) in [6, 6.07) is 20.5. The molecule has 168 valence electrons. The normalized spacial score (nSPS) is 11.3. The van der Waals surface area contributed by atoms with Gasteiger partial charge in [-0.2, -0.15) is 0 Å². The van der Waals surface area contributed by atoms with Crippen molar-refractivity contribution >= 4 is 27.8 Å². The molecule has 0 atom stereocenters. The molecule has 5 aromatic rings. The van der Waals surface area contributed by atoms with Gasteiger partial charge in [-0.05, 0) is 55.8 Å². The largest absolute Gasteiger partial charge is 0.350 e. The second-order valence-electron chi connectivity index (χ2n) is 8.43. The Hall–Kier alpha value is -4.52. The van der Waals surface area contributed by atoms with Gasteiger partial charge in [-0.3, -0.25) is 14.8 Å². The third-order valence-electron chi connectivity index (χ3n) is 5.64. The van der Waals surface area contributed by atoms with Crippen LogP contribution in [0.15, 0.2) is 90.1 Å². The van der Waals surface area contributed by atoms with Crippen molar-refractivity contribution in [2.45, 2.75) is 19.9 Å². The fourth-order valence-corrected chi connectivity index (χ4v) is 4.08. The molecular weight excluding hydrogens is 428 g/mol. The quantitative estimate of drug-likeness (QED) is 0.321. The first kappa shape index (κ1) is 21.3. The van der Waals surface area contributed by atoms with Crippen molar-refractivity contribution in [1.29, 1.82) is 0 Å². The van der Waals surface area contributed by atoms with Gasteiger partial charge < -0.3 is 9.88 Å². The van der Waals surface area contributed by atoms with E-state index in [4.69, 9.17) is 0 Å². The Balaban J connectivity index is 1.70. The maximum absolute atomic E-state index is 13.0. The number of benzene rings is 2. The molecule has 0 unspecified atom stereocenters. The number of hydrogen-bond donors (Lipinski definition) is 2. The minimum absolute atomic E-state index is 0.0542. The van der Waals surface area contributed by atoms with Gasteiger partial charge in [-0.15, -0.1) is 0 Å². The first-order valence-corrected chi connectivity index (χ1v) is 11.0. The fraction of sp³-hybridized carbons (Fsp3) is 0.111. The van der Waals surface area contributed by atoms with Gasteiger partial charge in [0.25, 0.3) is 11.4 Å². The van der Waals surface area contributed by atoms with E-state index in [1.165, 1.54) is 0 Å². The van der Waals surface area contributed by atoms with Crippen molar-refractivity contribution in [2.24, 2.45) is 0 Å². The van der Waals surface area contributed by atoms with Crippen molar-refractivity contribution in [3.8, 4) is 16.8 Å². The Morgan fingerprint density at radius 2 is 1.85 bits per heavy atom. The molecule has 3 heterocycles. The predicted molar refractivity (Wildman–Crippen MR) is 130 cm³/mol. The third kappa shape index (κ3) is 3.77. The Bertz CT molecular complexity index is 1620. The molecule has 0 radical (unpaired) electrons. The molecule has 0 saturated heterocycles. The molecule has 0 aliphatic heterocycles. The van der Waals surface area contributed by atoms with E-state index >= 15 is 0 Å². The number of para-hydroxylation sites is 1. The number of aromatic nitrogens is 3. The fourth-order valence-electron chi connectivity index (χ4n) is 4.08. The molecule has 5 rings (SSSR count). The molecule has 2 aromatic carbocycles. The van der Waals surface area contributed by atoms with Gasteiger partial charge in [0.2, 0.25) is 11.6 Å². The van der Waals surface area contributed by atoms with Crippen LogP contribution < -0.4 is 15.5 Å². The van der Waals surface area contributed by atoms with Gasteiger partial charge in [0, 0.05) is 34.9 Å². The summed E-state index contributed by atoms with van der Waals surface area (Å²) in [4.78, 5) is 30.2. The molecule has 3 aromatic heterocycles. The van der Waals surface area contributed by atoms with Crippen molar-refractivity contribution < 1.29 is 14.7 Å². The number of amides is 1. The van der Waals surface area contributed by atoms with Crippen LogP contribution >= 0.6 is 0 Å². The zero-order valence-corrected chi connectivity index (χ0v) is 18.8. The van der Waals surface area contributed by atoms with E-state index in [-0.39, 0.29) is 17.0 Å². The smallest absolute Gasteiger partial charge is 0.264 e. The lowest BCUT2D eigenvalue weighted by Gasteiger charge is -2.14. The van der Waals surface area contributed by atoms with Crippen LogP contribution in [0.2, 0.25) is 0 Å². The van der Waals surface area contributed by atoms with Crippen LogP contribution in [-0.2, 0) is 0 Å². The molecule has 0 aliphatic rings. The highest BCUT2D eigenvalue weighted by molar-refractivity contribution is 5.97. The molecule has 7 heteroatoms. The number of carbonyl (C=O) groups excluding carboxylic acids is 1. The number of fused-ring (bicyclic) bond motifs is 2. The summed E-state index contributed by atoms with van der Waals surface area (Å²) in [6.45, 7) is 3.69. The highest BCUT2D eigenvalue weighted by Gasteiger charge is 2.18. The van der Waals surface area contributed by atoms with Gasteiger partial charge in [0.05, 0.1) is 16.3 Å². The van der Waals surface area contributed by atoms with E-state index in [1.54, 1.807) is 35.3 Å². The summed E-state index contributed by atoms with van der Waals surface area (Å²) in [5.74, 6) is -0.425. The Kier molecular flexibility index (Phi) is 5.30. The Morgan fingerprint density at radius 1 is 1.03 bits per heavy atom. The minimum Gasteiger partial charge on any atom is -0.350 e. The lowest BCUT2D eigenvalue weighted by Crippen LogP contribution is -2.34. The summed E-state index contributed by atoms with van der Waals surface area (Å²) >= 11 is 0. The SMILES string of the molecule is CC(C)NC(=O)c1cn(-c2cccc(-c3cc4ccccc4[n+](O)c3)c2)c2ncccc2c1=O. The van der Waals surface area contributed by atoms with Crippen LogP contribution in [0.3, 0.4) is 0 Å². The van der Waals surface area contributed by atoms with E-state index in [0.717, 1.165) is 26.9 Å². The van der Waals surface area contributed by atoms with Crippen LogP contribution in [0.4, 0.5) is 0 Å². The molecule has 1 amide bonds. The highest BCUT2D eigenvalue weighted by atomic mass is 16.5. The molecule has 0 bridgehead atoms. The van der Waals surface area contributed by atoms with E-state index in [1.807, 2.05) is 68.4 Å².